The zero-order chi connectivity index (χ0) is 24.8. The van der Waals surface area contributed by atoms with Gasteiger partial charge in [-0.15, -0.1) is 0 Å². The van der Waals surface area contributed by atoms with E-state index in [-0.39, 0.29) is 34.8 Å². The van der Waals surface area contributed by atoms with Gasteiger partial charge in [0, 0.05) is 36.9 Å². The van der Waals surface area contributed by atoms with Gasteiger partial charge >= 0.3 is 11.5 Å². The minimum Gasteiger partial charge on any atom is -0.378 e. The number of amides is 4. The molecule has 35 heavy (non-hydrogen) atoms. The van der Waals surface area contributed by atoms with Crippen LogP contribution in [0, 0.1) is 0 Å². The van der Waals surface area contributed by atoms with Gasteiger partial charge in [0.2, 0.25) is 0 Å². The lowest BCUT2D eigenvalue weighted by Crippen LogP contribution is -2.42. The first kappa shape index (κ1) is 23.6. The minimum atomic E-state index is -4.43. The number of anilines is 1. The predicted molar refractivity (Wildman–Crippen MR) is 120 cm³/mol. The van der Waals surface area contributed by atoms with Crippen LogP contribution < -0.4 is 4.90 Å². The monoisotopic (exact) mass is 506 g/mol. The fraction of sp³-hybridized carbons (Fsp3) is 0.391. The molecule has 4 amide bonds. The lowest BCUT2D eigenvalue weighted by atomic mass is 10.1. The highest BCUT2D eigenvalue weighted by Crippen LogP contribution is 2.50. The molecule has 2 aliphatic heterocycles. The smallest absolute Gasteiger partial charge is 0.378 e. The Balaban J connectivity index is 1.39. The van der Waals surface area contributed by atoms with Gasteiger partial charge in [0.15, 0.2) is 0 Å². The number of alkyl halides is 3. The van der Waals surface area contributed by atoms with Crippen molar-refractivity contribution in [3.05, 3.63) is 53.9 Å². The summed E-state index contributed by atoms with van der Waals surface area (Å²) < 4.78 is 43.2. The van der Waals surface area contributed by atoms with E-state index in [1.807, 2.05) is 0 Å². The largest absolute Gasteiger partial charge is 0.446 e. The Labute approximate surface area is 203 Å². The van der Waals surface area contributed by atoms with Crippen molar-refractivity contribution in [2.75, 3.05) is 31.2 Å². The van der Waals surface area contributed by atoms with Crippen LogP contribution in [0.15, 0.2) is 47.6 Å². The number of rotatable bonds is 5. The van der Waals surface area contributed by atoms with Gasteiger partial charge in [-0.05, 0) is 60.5 Å². The second-order valence-corrected chi connectivity index (χ2v) is 9.66. The first-order valence-electron chi connectivity index (χ1n) is 11.0. The van der Waals surface area contributed by atoms with Crippen LogP contribution in [0.25, 0.3) is 0 Å². The maximum atomic E-state index is 13.4. The van der Waals surface area contributed by atoms with Gasteiger partial charge in [0.25, 0.3) is 11.8 Å². The van der Waals surface area contributed by atoms with Crippen molar-refractivity contribution in [2.45, 2.75) is 35.3 Å². The lowest BCUT2D eigenvalue weighted by molar-refractivity contribution is -0.120. The Morgan fingerprint density at radius 1 is 1.09 bits per heavy atom. The molecule has 1 aromatic carbocycles. The predicted octanol–water partition coefficient (Wildman–Crippen LogP) is 3.67. The second-order valence-electron chi connectivity index (χ2n) is 8.52. The molecule has 1 saturated carbocycles. The number of benzene rings is 1. The summed E-state index contributed by atoms with van der Waals surface area (Å²) in [6.07, 6.45) is 3.95. The number of carbonyl (C=O) groups is 3. The Kier molecular flexibility index (Phi) is 5.96. The van der Waals surface area contributed by atoms with Crippen LogP contribution in [0.3, 0.4) is 0 Å². The van der Waals surface area contributed by atoms with E-state index in [2.05, 4.69) is 4.98 Å². The normalized spacial score (nSPS) is 19.6. The molecular formula is C23H21F3N4O4S. The Morgan fingerprint density at radius 2 is 1.77 bits per heavy atom. The van der Waals surface area contributed by atoms with E-state index in [1.54, 1.807) is 11.0 Å². The maximum absolute atomic E-state index is 13.4. The van der Waals surface area contributed by atoms with Gasteiger partial charge in [-0.2, -0.15) is 13.2 Å². The molecule has 184 valence electrons. The molecule has 0 unspecified atom stereocenters. The van der Waals surface area contributed by atoms with E-state index in [1.165, 1.54) is 41.6 Å². The van der Waals surface area contributed by atoms with Crippen molar-refractivity contribution in [1.82, 2.24) is 14.8 Å². The topological polar surface area (TPSA) is 83.1 Å². The molecule has 1 spiro atoms. The molecule has 0 atom stereocenters. The maximum Gasteiger partial charge on any atom is 0.446 e. The number of morpholine rings is 1. The summed E-state index contributed by atoms with van der Waals surface area (Å²) in [7, 11) is 0. The number of pyridine rings is 1. The summed E-state index contributed by atoms with van der Waals surface area (Å²) in [6.45, 7) is 1.83. The zero-order valence-corrected chi connectivity index (χ0v) is 19.3. The molecule has 5 rings (SSSR count). The SMILES string of the molecule is O=C(c1cnccc1CN1C(=O)N(c2ccc(SC(F)(F)F)cc2)C(=O)C12CC2)N1CCOCC1. The number of urea groups is 1. The van der Waals surface area contributed by atoms with Crippen LogP contribution in [-0.4, -0.2) is 70.0 Å². The van der Waals surface area contributed by atoms with Crippen LogP contribution in [-0.2, 0) is 16.1 Å². The minimum absolute atomic E-state index is 0.0387. The molecule has 12 heteroatoms. The fourth-order valence-corrected chi connectivity index (χ4v) is 4.96. The van der Waals surface area contributed by atoms with E-state index >= 15 is 0 Å². The molecule has 0 N–H and O–H groups in total. The summed E-state index contributed by atoms with van der Waals surface area (Å²) in [4.78, 5) is 47.9. The van der Waals surface area contributed by atoms with E-state index < -0.39 is 23.0 Å². The number of halogens is 3. The molecule has 2 aromatic rings. The molecule has 3 heterocycles. The summed E-state index contributed by atoms with van der Waals surface area (Å²) >= 11 is -0.264. The lowest BCUT2D eigenvalue weighted by Gasteiger charge is -2.28. The van der Waals surface area contributed by atoms with E-state index in [0.717, 1.165) is 4.90 Å². The molecule has 3 aliphatic rings. The first-order valence-corrected chi connectivity index (χ1v) is 11.8. The average molecular weight is 507 g/mol. The molecule has 0 bridgehead atoms. The molecule has 3 fully saturated rings. The van der Waals surface area contributed by atoms with Crippen molar-refractivity contribution in [1.29, 1.82) is 0 Å². The summed E-state index contributed by atoms with van der Waals surface area (Å²) in [5.41, 5.74) is -4.30. The van der Waals surface area contributed by atoms with Crippen LogP contribution in [0.1, 0.15) is 28.8 Å². The van der Waals surface area contributed by atoms with Gasteiger partial charge in [-0.3, -0.25) is 14.6 Å². The molecule has 8 nitrogen and oxygen atoms in total. The quantitative estimate of drug-likeness (QED) is 0.455. The van der Waals surface area contributed by atoms with E-state index in [4.69, 9.17) is 4.74 Å². The van der Waals surface area contributed by atoms with Crippen molar-refractivity contribution >= 4 is 35.3 Å². The van der Waals surface area contributed by atoms with Gasteiger partial charge in [-0.25, -0.2) is 9.69 Å². The van der Waals surface area contributed by atoms with E-state index in [9.17, 15) is 27.6 Å². The summed E-state index contributed by atoms with van der Waals surface area (Å²) in [5, 5.41) is 0. The molecular weight excluding hydrogens is 485 g/mol. The van der Waals surface area contributed by atoms with E-state index in [0.29, 0.717) is 50.3 Å². The number of imide groups is 1. The first-order chi connectivity index (χ1) is 16.7. The third kappa shape index (κ3) is 4.47. The van der Waals surface area contributed by atoms with Gasteiger partial charge in [-0.1, -0.05) is 0 Å². The Hall–Kier alpha value is -3.12. The number of ether oxygens (including phenoxy) is 1. The number of aromatic nitrogens is 1. The van der Waals surface area contributed by atoms with Crippen LogP contribution in [0.4, 0.5) is 23.7 Å². The highest BCUT2D eigenvalue weighted by molar-refractivity contribution is 8.00. The van der Waals surface area contributed by atoms with Crippen LogP contribution >= 0.6 is 11.8 Å². The number of carbonyl (C=O) groups excluding carboxylic acids is 3. The zero-order valence-electron chi connectivity index (χ0n) is 18.5. The highest BCUT2D eigenvalue weighted by atomic mass is 32.2. The third-order valence-electron chi connectivity index (χ3n) is 6.36. The Morgan fingerprint density at radius 3 is 2.40 bits per heavy atom. The highest BCUT2D eigenvalue weighted by Gasteiger charge is 2.65. The van der Waals surface area contributed by atoms with Gasteiger partial charge in [0.1, 0.15) is 5.54 Å². The molecule has 1 aromatic heterocycles. The molecule has 0 radical (unpaired) electrons. The van der Waals surface area contributed by atoms with Crippen molar-refractivity contribution in [3.8, 4) is 0 Å². The summed E-state index contributed by atoms with van der Waals surface area (Å²) in [5.74, 6) is -0.623. The third-order valence-corrected chi connectivity index (χ3v) is 7.10. The number of hydrogen-bond acceptors (Lipinski definition) is 6. The fourth-order valence-electron chi connectivity index (χ4n) is 4.42. The van der Waals surface area contributed by atoms with Crippen LogP contribution in [0.5, 0.6) is 0 Å². The van der Waals surface area contributed by atoms with Crippen LogP contribution in [0.2, 0.25) is 0 Å². The second kappa shape index (κ2) is 8.83. The average Bonchev–Trinajstić information content (AvgIpc) is 3.61. The summed E-state index contributed by atoms with van der Waals surface area (Å²) in [6, 6.07) is 6.24. The molecule has 1 aliphatic carbocycles. The standard InChI is InChI=1S/C23H21F3N4O4S/c24-23(25,26)35-17-3-1-16(2-4-17)30-20(32)22(6-7-22)29(21(30)33)14-15-5-8-27-13-18(15)19(31)28-9-11-34-12-10-28/h1-5,8,13H,6-7,9-12,14H2. The Bertz CT molecular complexity index is 1160. The molecule has 2 saturated heterocycles. The number of hydrogen-bond donors (Lipinski definition) is 0. The van der Waals surface area contributed by atoms with Crippen molar-refractivity contribution in [3.63, 3.8) is 0 Å². The number of nitrogens with zero attached hydrogens (tertiary/aromatic N) is 4. The van der Waals surface area contributed by atoms with Crippen molar-refractivity contribution in [2.24, 2.45) is 0 Å². The van der Waals surface area contributed by atoms with Crippen molar-refractivity contribution < 1.29 is 32.3 Å². The van der Waals surface area contributed by atoms with Gasteiger partial charge < -0.3 is 14.5 Å². The van der Waals surface area contributed by atoms with Gasteiger partial charge in [0.05, 0.1) is 24.5 Å². The number of thioether (sulfide) groups is 1.